The van der Waals surface area contributed by atoms with Crippen molar-refractivity contribution in [1.29, 1.82) is 0 Å². The number of hydrogen-bond donors (Lipinski definition) is 0. The summed E-state index contributed by atoms with van der Waals surface area (Å²) in [5, 5.41) is 0. The third-order valence-electron chi connectivity index (χ3n) is 3.19. The lowest BCUT2D eigenvalue weighted by molar-refractivity contribution is 0.398. The highest BCUT2D eigenvalue weighted by molar-refractivity contribution is 6.00. The molecule has 2 heterocycles. The Morgan fingerprint density at radius 2 is 1.41 bits per heavy atom. The molecule has 0 saturated heterocycles. The highest BCUT2D eigenvalue weighted by atomic mass is 16.6. The van der Waals surface area contributed by atoms with Crippen LogP contribution in [0.25, 0.3) is 34.5 Å². The Labute approximate surface area is 121 Å². The van der Waals surface area contributed by atoms with Gasteiger partial charge in [0.15, 0.2) is 11.2 Å². The van der Waals surface area contributed by atoms with Crippen LogP contribution in [0.1, 0.15) is 11.1 Å². The van der Waals surface area contributed by atoms with E-state index in [0.29, 0.717) is 5.56 Å². The van der Waals surface area contributed by atoms with Gasteiger partial charge in [0.2, 0.25) is 11.2 Å². The molecule has 22 heavy (non-hydrogen) atoms. The van der Waals surface area contributed by atoms with Gasteiger partial charge in [0.25, 0.3) is 0 Å². The molecule has 0 amide bonds. The Morgan fingerprint density at radius 3 is 2.23 bits per heavy atom. The molecule has 0 unspecified atom stereocenters. The second-order valence-corrected chi connectivity index (χ2v) is 4.60. The Kier molecular flexibility index (Phi) is 2.62. The van der Waals surface area contributed by atoms with E-state index in [2.05, 4.69) is 0 Å². The predicted molar refractivity (Wildman–Crippen MR) is 78.4 cm³/mol. The molecule has 0 aliphatic heterocycles. The van der Waals surface area contributed by atoms with E-state index < -0.39 is 11.6 Å². The number of fused-ring (bicyclic) bond motifs is 3. The van der Waals surface area contributed by atoms with Crippen LogP contribution < -0.4 is 11.6 Å². The maximum absolute atomic E-state index is 11.4. The van der Waals surface area contributed by atoms with E-state index in [1.165, 1.54) is 0 Å². The second-order valence-electron chi connectivity index (χ2n) is 4.60. The summed E-state index contributed by atoms with van der Waals surface area (Å²) in [6, 6.07) is 11.1. The van der Waals surface area contributed by atoms with E-state index in [1.807, 2.05) is 36.4 Å². The zero-order valence-corrected chi connectivity index (χ0v) is 11.1. The van der Waals surface area contributed by atoms with Crippen LogP contribution in [0, 0.1) is 0 Å². The number of hydrogen-bond acceptors (Lipinski definition) is 6. The van der Waals surface area contributed by atoms with Gasteiger partial charge < -0.3 is 17.7 Å². The van der Waals surface area contributed by atoms with E-state index in [1.54, 1.807) is 12.1 Å². The maximum atomic E-state index is 11.4. The summed E-state index contributed by atoms with van der Waals surface area (Å²) in [6.07, 6.45) is 3.58. The molecular weight excluding hydrogens is 288 g/mol. The van der Waals surface area contributed by atoms with Crippen LogP contribution in [-0.2, 0) is 0 Å². The summed E-state index contributed by atoms with van der Waals surface area (Å²) in [4.78, 5) is 22.6. The summed E-state index contributed by atoms with van der Waals surface area (Å²) in [7, 11) is 0. The van der Waals surface area contributed by atoms with E-state index >= 15 is 0 Å². The van der Waals surface area contributed by atoms with Crippen LogP contribution in [0.4, 0.5) is 0 Å². The first kappa shape index (κ1) is 12.5. The zero-order valence-electron chi connectivity index (χ0n) is 11.1. The summed E-state index contributed by atoms with van der Waals surface area (Å²) >= 11 is 0. The molecule has 6 nitrogen and oxygen atoms in total. The molecule has 0 N–H and O–H groups in total. The summed E-state index contributed by atoms with van der Waals surface area (Å²) in [6.45, 7) is 0. The average molecular weight is 296 g/mol. The quantitative estimate of drug-likeness (QED) is 0.528. The lowest BCUT2D eigenvalue weighted by Crippen LogP contribution is -1.85. The highest BCUT2D eigenvalue weighted by Gasteiger charge is 2.18. The van der Waals surface area contributed by atoms with Crippen LogP contribution in [0.3, 0.4) is 0 Å². The average Bonchev–Trinajstić information content (AvgIpc) is 3.07. The van der Waals surface area contributed by atoms with Crippen LogP contribution in [-0.4, -0.2) is 0 Å². The predicted octanol–water partition coefficient (Wildman–Crippen LogP) is 3.26. The Hall–Kier alpha value is -3.28. The molecule has 4 rings (SSSR count). The SMILES string of the molecule is O=c1oc2cc(/C=C/c3ccccc3)c3oc(=O)oc3c2o1. The van der Waals surface area contributed by atoms with Crippen molar-refractivity contribution >= 4 is 34.5 Å². The van der Waals surface area contributed by atoms with E-state index in [9.17, 15) is 9.59 Å². The Bertz CT molecular complexity index is 1100. The van der Waals surface area contributed by atoms with Crippen LogP contribution in [0.2, 0.25) is 0 Å². The Balaban J connectivity index is 1.97. The van der Waals surface area contributed by atoms with Crippen molar-refractivity contribution in [2.24, 2.45) is 0 Å². The molecule has 4 aromatic rings. The van der Waals surface area contributed by atoms with Gasteiger partial charge in [-0.1, -0.05) is 42.5 Å². The third-order valence-corrected chi connectivity index (χ3v) is 3.19. The van der Waals surface area contributed by atoms with Crippen LogP contribution in [0.5, 0.6) is 0 Å². The minimum absolute atomic E-state index is 0.0565. The fourth-order valence-electron chi connectivity index (χ4n) is 2.24. The van der Waals surface area contributed by atoms with E-state index in [4.69, 9.17) is 17.7 Å². The van der Waals surface area contributed by atoms with Gasteiger partial charge >= 0.3 is 11.6 Å². The molecule has 2 aromatic carbocycles. The van der Waals surface area contributed by atoms with Crippen molar-refractivity contribution in [2.75, 3.05) is 0 Å². The molecule has 0 aliphatic rings. The standard InChI is InChI=1S/C16H8O6/c17-15-19-11-8-10(7-6-9-4-2-1-3-5-9)12-14(13(11)21-15)22-16(18)20-12/h1-8H/b7-6+. The molecule has 0 radical (unpaired) electrons. The van der Waals surface area contributed by atoms with Crippen LogP contribution in [0.15, 0.2) is 63.7 Å². The van der Waals surface area contributed by atoms with Crippen LogP contribution >= 0.6 is 0 Å². The maximum Gasteiger partial charge on any atom is 0.519 e. The fourth-order valence-corrected chi connectivity index (χ4v) is 2.24. The largest absolute Gasteiger partial charge is 0.519 e. The molecular formula is C16H8O6. The van der Waals surface area contributed by atoms with Gasteiger partial charge in [-0.3, -0.25) is 0 Å². The minimum atomic E-state index is -0.874. The summed E-state index contributed by atoms with van der Waals surface area (Å²) < 4.78 is 19.8. The third kappa shape index (κ3) is 1.98. The number of rotatable bonds is 2. The van der Waals surface area contributed by atoms with Gasteiger partial charge in [0.05, 0.1) is 0 Å². The van der Waals surface area contributed by atoms with E-state index in [-0.39, 0.29) is 22.3 Å². The first-order valence-electron chi connectivity index (χ1n) is 6.44. The van der Waals surface area contributed by atoms with Crippen molar-refractivity contribution in [3.63, 3.8) is 0 Å². The van der Waals surface area contributed by atoms with Crippen molar-refractivity contribution in [1.82, 2.24) is 0 Å². The van der Waals surface area contributed by atoms with Gasteiger partial charge in [-0.2, -0.15) is 0 Å². The van der Waals surface area contributed by atoms with Gasteiger partial charge in [0.1, 0.15) is 0 Å². The van der Waals surface area contributed by atoms with Gasteiger partial charge in [-0.15, -0.1) is 0 Å². The molecule has 2 aromatic heterocycles. The number of benzene rings is 2. The molecule has 108 valence electrons. The summed E-state index contributed by atoms with van der Waals surface area (Å²) in [5.74, 6) is -1.75. The van der Waals surface area contributed by atoms with E-state index in [0.717, 1.165) is 5.56 Å². The lowest BCUT2D eigenvalue weighted by atomic mass is 10.1. The highest BCUT2D eigenvalue weighted by Crippen LogP contribution is 2.28. The first-order chi connectivity index (χ1) is 10.7. The normalized spacial score (nSPS) is 11.8. The Morgan fingerprint density at radius 1 is 0.727 bits per heavy atom. The second kappa shape index (κ2) is 4.63. The minimum Gasteiger partial charge on any atom is -0.391 e. The van der Waals surface area contributed by atoms with Gasteiger partial charge in [-0.25, -0.2) is 9.59 Å². The van der Waals surface area contributed by atoms with Gasteiger partial charge in [0, 0.05) is 5.56 Å². The lowest BCUT2D eigenvalue weighted by Gasteiger charge is -1.95. The molecule has 6 heteroatoms. The van der Waals surface area contributed by atoms with Crippen molar-refractivity contribution in [3.05, 3.63) is 68.8 Å². The smallest absolute Gasteiger partial charge is 0.391 e. The van der Waals surface area contributed by atoms with Crippen molar-refractivity contribution in [3.8, 4) is 0 Å². The van der Waals surface area contributed by atoms with Crippen molar-refractivity contribution in [2.45, 2.75) is 0 Å². The monoisotopic (exact) mass is 296 g/mol. The molecule has 0 spiro atoms. The molecule has 0 atom stereocenters. The summed E-state index contributed by atoms with van der Waals surface area (Å²) in [5.41, 5.74) is 2.02. The molecule has 0 saturated carbocycles. The zero-order chi connectivity index (χ0) is 15.1. The van der Waals surface area contributed by atoms with Gasteiger partial charge in [-0.05, 0) is 11.6 Å². The topological polar surface area (TPSA) is 86.7 Å². The molecule has 0 aliphatic carbocycles. The molecule has 0 fully saturated rings. The fraction of sp³-hybridized carbons (Fsp3) is 0. The van der Waals surface area contributed by atoms with Crippen molar-refractivity contribution < 1.29 is 17.7 Å². The molecule has 0 bridgehead atoms. The first-order valence-corrected chi connectivity index (χ1v) is 6.44.